The number of methoxy groups -OCH3 is 2. The molecule has 2 aliphatic carbocycles. The van der Waals surface area contributed by atoms with Gasteiger partial charge in [-0.3, -0.25) is 0 Å². The molecule has 0 aliphatic heterocycles. The molecule has 0 fully saturated rings. The minimum absolute atomic E-state index is 0.432. The summed E-state index contributed by atoms with van der Waals surface area (Å²) in [6.45, 7) is 13.5. The number of esters is 2. The zero-order valence-electron chi connectivity index (χ0n) is 23.9. The maximum Gasteiger partial charge on any atom is 0.338 e. The molecule has 0 aromatic heterocycles. The summed E-state index contributed by atoms with van der Waals surface area (Å²) in [5.74, 6) is -0.865. The van der Waals surface area contributed by atoms with Gasteiger partial charge in [-0.15, -0.1) is 0 Å². The average molecular weight is 543 g/mol. The first kappa shape index (κ1) is 26.6. The van der Waals surface area contributed by atoms with Crippen LogP contribution in [0.1, 0.15) is 65.2 Å². The largest absolute Gasteiger partial charge is 0.465 e. The summed E-state index contributed by atoms with van der Waals surface area (Å²) in [6, 6.07) is 13.6. The zero-order valence-corrected chi connectivity index (χ0v) is 25.9. The van der Waals surface area contributed by atoms with Gasteiger partial charge in [-0.2, -0.15) is 0 Å². The first-order chi connectivity index (χ1) is 17.8. The molecule has 3 aromatic carbocycles. The van der Waals surface area contributed by atoms with E-state index in [-0.39, 0.29) is 0 Å². The van der Waals surface area contributed by atoms with Crippen LogP contribution in [-0.2, 0) is 35.2 Å². The van der Waals surface area contributed by atoms with Crippen LogP contribution >= 0.6 is 0 Å². The summed E-state index contributed by atoms with van der Waals surface area (Å²) in [5.41, 5.74) is 11.7. The number of benzene rings is 3. The molecule has 0 bridgehead atoms. The van der Waals surface area contributed by atoms with Crippen molar-refractivity contribution in [2.45, 2.75) is 65.0 Å². The van der Waals surface area contributed by atoms with E-state index in [2.05, 4.69) is 75.7 Å². The van der Waals surface area contributed by atoms with Crippen molar-refractivity contribution >= 4 is 38.5 Å². The Bertz CT molecular complexity index is 1380. The van der Waals surface area contributed by atoms with E-state index in [0.717, 1.165) is 36.1 Å². The van der Waals surface area contributed by atoms with Gasteiger partial charge in [-0.05, 0) is 80.6 Å². The van der Waals surface area contributed by atoms with Gasteiger partial charge in [-0.25, -0.2) is 9.59 Å². The van der Waals surface area contributed by atoms with Gasteiger partial charge in [0.25, 0.3) is 0 Å². The van der Waals surface area contributed by atoms with Crippen molar-refractivity contribution in [1.82, 2.24) is 0 Å². The van der Waals surface area contributed by atoms with Crippen molar-refractivity contribution in [1.29, 1.82) is 0 Å². The molecule has 0 radical (unpaired) electrons. The number of rotatable bonds is 4. The summed E-state index contributed by atoms with van der Waals surface area (Å²) in [7, 11) is -1.38. The van der Waals surface area contributed by atoms with Gasteiger partial charge >= 0.3 is 11.9 Å². The van der Waals surface area contributed by atoms with Crippen LogP contribution in [0.4, 0.5) is 0 Å². The molecule has 0 amide bonds. The maximum absolute atomic E-state index is 13.4. The Morgan fingerprint density at radius 2 is 0.921 bits per heavy atom. The third-order valence-corrected chi connectivity index (χ3v) is 12.2. The quantitative estimate of drug-likeness (QED) is 0.227. The maximum atomic E-state index is 13.4. The van der Waals surface area contributed by atoms with Gasteiger partial charge in [0.1, 0.15) is 0 Å². The van der Waals surface area contributed by atoms with Gasteiger partial charge in [0.2, 0.25) is 0 Å². The van der Waals surface area contributed by atoms with Crippen molar-refractivity contribution in [3.8, 4) is 0 Å². The molecule has 0 atom stereocenters. The van der Waals surface area contributed by atoms with E-state index in [4.69, 9.17) is 9.47 Å². The highest BCUT2D eigenvalue weighted by atomic mass is 28.3. The van der Waals surface area contributed by atoms with Gasteiger partial charge in [0.15, 0.2) is 0 Å². The lowest BCUT2D eigenvalue weighted by Gasteiger charge is -2.36. The molecule has 198 valence electrons. The lowest BCUT2D eigenvalue weighted by molar-refractivity contribution is 0.0557. The van der Waals surface area contributed by atoms with Crippen LogP contribution < -0.4 is 10.4 Å². The third kappa shape index (κ3) is 4.37. The Balaban J connectivity index is 1.80. The van der Waals surface area contributed by atoms with E-state index >= 15 is 0 Å². The lowest BCUT2D eigenvalue weighted by atomic mass is 9.78. The summed E-state index contributed by atoms with van der Waals surface area (Å²) >= 11 is 0. The number of carbonyl (C=O) groups is 2. The highest BCUT2D eigenvalue weighted by Gasteiger charge is 2.41. The summed E-state index contributed by atoms with van der Waals surface area (Å²) in [4.78, 5) is 26.9. The first-order valence-electron chi connectivity index (χ1n) is 13.4. The number of ether oxygens (including phenoxy) is 2. The molecule has 2 aliphatic rings. The summed E-state index contributed by atoms with van der Waals surface area (Å²) in [5, 5.41) is 2.10. The van der Waals surface area contributed by atoms with Crippen LogP contribution in [0.15, 0.2) is 36.4 Å². The summed E-state index contributed by atoms with van der Waals surface area (Å²) < 4.78 is 10.7. The van der Waals surface area contributed by atoms with E-state index in [1.54, 1.807) is 0 Å². The first-order valence-corrected chi connectivity index (χ1v) is 20.4. The second-order valence-electron chi connectivity index (χ2n) is 12.8. The molecular formula is C32H38O4Si2. The molecule has 6 heteroatoms. The predicted molar refractivity (Wildman–Crippen MR) is 159 cm³/mol. The molecule has 3 aromatic rings. The Hall–Kier alpha value is -2.97. The Kier molecular flexibility index (Phi) is 6.55. The highest BCUT2D eigenvalue weighted by Crippen LogP contribution is 2.36. The minimum Gasteiger partial charge on any atom is -0.465 e. The standard InChI is InChI=1S/C32H38O4Si2/c1-35-31(33)27-28(32(34)36-2)30(38(6,7)8)26-18-24-16-22-14-20-12-10-9-11-19(20)13-21(22)15-23(24)17-25(26)29(27)37(3,4)5/h9-12,15-16H,13-14,17-18H2,1-8H3. The second-order valence-corrected chi connectivity index (χ2v) is 22.8. The fourth-order valence-electron chi connectivity index (χ4n) is 6.65. The number of hydrogen-bond acceptors (Lipinski definition) is 4. The van der Waals surface area contributed by atoms with Crippen molar-refractivity contribution < 1.29 is 19.1 Å². The summed E-state index contributed by atoms with van der Waals surface area (Å²) in [6.07, 6.45) is 3.48. The minimum atomic E-state index is -2.10. The normalized spacial score (nSPS) is 14.1. The average Bonchev–Trinajstić information content (AvgIpc) is 2.85. The van der Waals surface area contributed by atoms with Gasteiger partial charge in [-0.1, -0.05) is 75.7 Å². The van der Waals surface area contributed by atoms with Crippen molar-refractivity contribution in [3.63, 3.8) is 0 Å². The predicted octanol–water partition coefficient (Wildman–Crippen LogP) is 5.34. The SMILES string of the molecule is COC(=O)c1c(C(=O)OC)c([Si](C)(C)C)c2c(c1[Si](C)(C)C)Cc1cc3c(cc1C2)Cc1ccccc1C3. The monoisotopic (exact) mass is 542 g/mol. The van der Waals surface area contributed by atoms with Crippen molar-refractivity contribution in [2.24, 2.45) is 0 Å². The molecule has 5 rings (SSSR count). The van der Waals surface area contributed by atoms with Crippen LogP contribution in [0.3, 0.4) is 0 Å². The van der Waals surface area contributed by atoms with Crippen molar-refractivity contribution in [3.05, 3.63) is 92.0 Å². The highest BCUT2D eigenvalue weighted by molar-refractivity contribution is 6.92. The van der Waals surface area contributed by atoms with Crippen LogP contribution in [0.2, 0.25) is 39.3 Å². The van der Waals surface area contributed by atoms with Gasteiger partial charge < -0.3 is 9.47 Å². The van der Waals surface area contributed by atoms with E-state index in [1.165, 1.54) is 58.7 Å². The molecule has 0 N–H and O–H groups in total. The van der Waals surface area contributed by atoms with Crippen molar-refractivity contribution in [2.75, 3.05) is 14.2 Å². The molecule has 0 heterocycles. The molecular weight excluding hydrogens is 505 g/mol. The third-order valence-electron chi connectivity index (χ3n) is 8.13. The molecule has 38 heavy (non-hydrogen) atoms. The number of carbonyl (C=O) groups excluding carboxylic acids is 2. The van der Waals surface area contributed by atoms with Gasteiger partial charge in [0, 0.05) is 0 Å². The van der Waals surface area contributed by atoms with Crippen LogP contribution in [0, 0.1) is 0 Å². The Morgan fingerprint density at radius 1 is 0.579 bits per heavy atom. The fourth-order valence-corrected chi connectivity index (χ4v) is 10.9. The van der Waals surface area contributed by atoms with Crippen LogP contribution in [0.25, 0.3) is 0 Å². The van der Waals surface area contributed by atoms with Gasteiger partial charge in [0.05, 0.1) is 41.5 Å². The van der Waals surface area contributed by atoms with E-state index < -0.39 is 28.1 Å². The van der Waals surface area contributed by atoms with Crippen LogP contribution in [-0.4, -0.2) is 42.3 Å². The molecule has 0 saturated heterocycles. The smallest absolute Gasteiger partial charge is 0.338 e. The molecule has 0 unspecified atom stereocenters. The molecule has 0 spiro atoms. The van der Waals surface area contributed by atoms with E-state index in [1.807, 2.05) is 0 Å². The van der Waals surface area contributed by atoms with E-state index in [9.17, 15) is 9.59 Å². The topological polar surface area (TPSA) is 52.6 Å². The molecule has 4 nitrogen and oxygen atoms in total. The lowest BCUT2D eigenvalue weighted by Crippen LogP contribution is -2.53. The van der Waals surface area contributed by atoms with E-state index in [0.29, 0.717) is 11.1 Å². The Morgan fingerprint density at radius 3 is 1.24 bits per heavy atom. The second kappa shape index (κ2) is 9.35. The number of hydrogen-bond donors (Lipinski definition) is 0. The fraction of sp³-hybridized carbons (Fsp3) is 0.375. The van der Waals surface area contributed by atoms with Crippen LogP contribution in [0.5, 0.6) is 0 Å². The molecule has 0 saturated carbocycles. The number of fused-ring (bicyclic) bond motifs is 4. The Labute approximate surface area is 228 Å². The zero-order chi connectivity index (χ0) is 27.6.